The molecule has 0 radical (unpaired) electrons. The summed E-state index contributed by atoms with van der Waals surface area (Å²) in [5.74, 6) is -0.554. The van der Waals surface area contributed by atoms with Gasteiger partial charge in [-0.05, 0) is 60.0 Å². The molecule has 1 aliphatic heterocycles. The number of nitrogens with zero attached hydrogens (tertiary/aromatic N) is 2. The average molecular weight is 622 g/mol. The van der Waals surface area contributed by atoms with Crippen molar-refractivity contribution in [3.05, 3.63) is 82.4 Å². The molecule has 1 heterocycles. The van der Waals surface area contributed by atoms with Gasteiger partial charge in [0.15, 0.2) is 0 Å². The topological polar surface area (TPSA) is 102 Å². The van der Waals surface area contributed by atoms with Crippen molar-refractivity contribution in [3.63, 3.8) is 0 Å². The van der Waals surface area contributed by atoms with Gasteiger partial charge in [-0.2, -0.15) is 26.3 Å². The number of carbonyl (C=O) groups excluding carboxylic acids is 2. The largest absolute Gasteiger partial charge is 0.516 e. The van der Waals surface area contributed by atoms with Gasteiger partial charge in [-0.25, -0.2) is 14.0 Å². The fourth-order valence-electron chi connectivity index (χ4n) is 4.94. The first kappa shape index (κ1) is 33.5. The number of aliphatic hydroxyl groups excluding tert-OH is 2. The minimum atomic E-state index is -5.14. The van der Waals surface area contributed by atoms with Crippen molar-refractivity contribution >= 4 is 12.1 Å². The molecule has 0 aliphatic carbocycles. The Hall–Kier alpha value is -4.01. The van der Waals surface area contributed by atoms with Crippen LogP contribution in [-0.2, 0) is 17.1 Å². The Morgan fingerprint density at radius 1 is 1.12 bits per heavy atom. The molecule has 43 heavy (non-hydrogen) atoms. The van der Waals surface area contributed by atoms with Gasteiger partial charge in [-0.1, -0.05) is 6.07 Å². The van der Waals surface area contributed by atoms with Gasteiger partial charge >= 0.3 is 24.5 Å². The van der Waals surface area contributed by atoms with Gasteiger partial charge in [0.1, 0.15) is 11.9 Å². The molecule has 2 aromatic rings. The zero-order valence-electron chi connectivity index (χ0n) is 23.0. The normalized spacial score (nSPS) is 18.4. The monoisotopic (exact) mass is 621 g/mol. The van der Waals surface area contributed by atoms with E-state index in [1.54, 1.807) is 6.92 Å². The lowest BCUT2D eigenvalue weighted by molar-refractivity contribution is -0.143. The quantitative estimate of drug-likeness (QED) is 0.250. The van der Waals surface area contributed by atoms with Crippen molar-refractivity contribution in [1.29, 1.82) is 0 Å². The molecule has 3 rings (SSSR count). The standard InChI is InChI=1S/C28H30F7N3O5/c1-16-11-20(29)3-4-22(16)24-15-21(43-25(41)36-7-10-40)5-8-38(24)26(42)37(2)23(6-9-39)17-12-18(27(30,31)32)14-19(13-17)28(33,34)35/h3-4,6,9,11-14,21,23-24,39-40H,5,7-8,10,15H2,1-2H3,(H,36,41)/b9-6+/t21?,23?,24-/m1/s1. The predicted molar refractivity (Wildman–Crippen MR) is 139 cm³/mol. The summed E-state index contributed by atoms with van der Waals surface area (Å²) in [5.41, 5.74) is -2.83. The summed E-state index contributed by atoms with van der Waals surface area (Å²) in [5, 5.41) is 20.7. The molecule has 1 fully saturated rings. The van der Waals surface area contributed by atoms with Crippen LogP contribution in [0.1, 0.15) is 52.7 Å². The van der Waals surface area contributed by atoms with Crippen LogP contribution in [0.3, 0.4) is 0 Å². The van der Waals surface area contributed by atoms with E-state index in [4.69, 9.17) is 9.84 Å². The highest BCUT2D eigenvalue weighted by Crippen LogP contribution is 2.40. The molecule has 2 aromatic carbocycles. The molecule has 236 valence electrons. The molecule has 3 atom stereocenters. The molecule has 0 spiro atoms. The van der Waals surface area contributed by atoms with Crippen molar-refractivity contribution in [2.24, 2.45) is 0 Å². The summed E-state index contributed by atoms with van der Waals surface area (Å²) in [6.45, 7) is 1.13. The number of likely N-dealkylation sites (tertiary alicyclic amines) is 1. The Morgan fingerprint density at radius 2 is 1.74 bits per heavy atom. The number of likely N-dealkylation sites (N-methyl/N-ethyl adjacent to an activating group) is 1. The molecule has 3 N–H and O–H groups in total. The Balaban J connectivity index is 2.01. The van der Waals surface area contributed by atoms with E-state index in [1.165, 1.54) is 17.0 Å². The Bertz CT molecular complexity index is 1300. The molecule has 3 amide bonds. The van der Waals surface area contributed by atoms with Crippen LogP contribution in [0.5, 0.6) is 0 Å². The second kappa shape index (κ2) is 13.5. The number of hydrogen-bond acceptors (Lipinski definition) is 5. The van der Waals surface area contributed by atoms with Gasteiger partial charge in [0, 0.05) is 33.0 Å². The smallest absolute Gasteiger partial charge is 0.416 e. The summed E-state index contributed by atoms with van der Waals surface area (Å²) in [7, 11) is 1.15. The van der Waals surface area contributed by atoms with Crippen molar-refractivity contribution in [3.8, 4) is 0 Å². The summed E-state index contributed by atoms with van der Waals surface area (Å²) in [4.78, 5) is 28.1. The van der Waals surface area contributed by atoms with E-state index in [0.717, 1.165) is 24.1 Å². The first-order valence-electron chi connectivity index (χ1n) is 13.0. The number of rotatable bonds is 7. The number of amides is 3. The minimum absolute atomic E-state index is 0.0287. The number of benzene rings is 2. The summed E-state index contributed by atoms with van der Waals surface area (Å²) < 4.78 is 101. The zero-order chi connectivity index (χ0) is 32.1. The molecule has 0 aromatic heterocycles. The highest BCUT2D eigenvalue weighted by atomic mass is 19.4. The van der Waals surface area contributed by atoms with E-state index in [-0.39, 0.29) is 38.6 Å². The molecule has 15 heteroatoms. The number of halogens is 7. The van der Waals surface area contributed by atoms with E-state index in [0.29, 0.717) is 29.5 Å². The minimum Gasteiger partial charge on any atom is -0.516 e. The van der Waals surface area contributed by atoms with E-state index < -0.39 is 65.2 Å². The maximum atomic E-state index is 13.9. The number of urea groups is 1. The molecule has 2 unspecified atom stereocenters. The van der Waals surface area contributed by atoms with E-state index >= 15 is 0 Å². The second-order valence-electron chi connectivity index (χ2n) is 9.93. The Labute approximate surface area is 242 Å². The number of nitrogens with one attached hydrogen (secondary N) is 1. The second-order valence-corrected chi connectivity index (χ2v) is 9.93. The van der Waals surface area contributed by atoms with Crippen LogP contribution in [0.4, 0.5) is 40.3 Å². The lowest BCUT2D eigenvalue weighted by Crippen LogP contribution is -2.49. The summed E-state index contributed by atoms with van der Waals surface area (Å²) in [6.07, 6.45) is -10.4. The van der Waals surface area contributed by atoms with Gasteiger partial charge in [0.2, 0.25) is 0 Å². The van der Waals surface area contributed by atoms with Crippen LogP contribution < -0.4 is 5.32 Å². The SMILES string of the molecule is Cc1cc(F)ccc1[C@H]1CC(OC(=O)NCCO)CCN1C(=O)N(C)C(/C=C/O)c1cc(C(F)(F)F)cc(C(F)(F)F)c1. The third-order valence-corrected chi connectivity index (χ3v) is 6.98. The average Bonchev–Trinajstić information content (AvgIpc) is 2.93. The van der Waals surface area contributed by atoms with Crippen LogP contribution in [0, 0.1) is 12.7 Å². The molecular formula is C28H30F7N3O5. The fourth-order valence-corrected chi connectivity index (χ4v) is 4.94. The third kappa shape index (κ3) is 8.30. The lowest BCUT2D eigenvalue weighted by atomic mass is 9.90. The van der Waals surface area contributed by atoms with E-state index in [1.807, 2.05) is 0 Å². The van der Waals surface area contributed by atoms with Crippen LogP contribution >= 0.6 is 0 Å². The summed E-state index contributed by atoms with van der Waals surface area (Å²) in [6, 6.07) is 1.47. The van der Waals surface area contributed by atoms with E-state index in [2.05, 4.69) is 5.32 Å². The number of aliphatic hydroxyl groups is 2. The van der Waals surface area contributed by atoms with Gasteiger partial charge in [0.05, 0.1) is 36.1 Å². The number of hydrogen-bond donors (Lipinski definition) is 3. The number of alkyl carbamates (subject to hydrolysis) is 1. The molecule has 0 saturated carbocycles. The van der Waals surface area contributed by atoms with Crippen LogP contribution in [0.25, 0.3) is 0 Å². The first-order valence-corrected chi connectivity index (χ1v) is 13.0. The highest BCUT2D eigenvalue weighted by molar-refractivity contribution is 5.76. The van der Waals surface area contributed by atoms with Gasteiger partial charge in [0.25, 0.3) is 0 Å². The van der Waals surface area contributed by atoms with Crippen LogP contribution in [-0.4, -0.2) is 65.0 Å². The van der Waals surface area contributed by atoms with Crippen molar-refractivity contribution in [1.82, 2.24) is 15.1 Å². The van der Waals surface area contributed by atoms with Crippen molar-refractivity contribution < 1.29 is 55.3 Å². The molecule has 1 saturated heterocycles. The Kier molecular flexibility index (Phi) is 10.5. The molecular weight excluding hydrogens is 591 g/mol. The van der Waals surface area contributed by atoms with E-state index in [9.17, 15) is 45.4 Å². The maximum absolute atomic E-state index is 13.9. The van der Waals surface area contributed by atoms with Crippen LogP contribution in [0.2, 0.25) is 0 Å². The van der Waals surface area contributed by atoms with Crippen molar-refractivity contribution in [2.75, 3.05) is 26.7 Å². The maximum Gasteiger partial charge on any atom is 0.416 e. The highest BCUT2D eigenvalue weighted by Gasteiger charge is 2.40. The van der Waals surface area contributed by atoms with Gasteiger partial charge in [-0.15, -0.1) is 0 Å². The molecule has 8 nitrogen and oxygen atoms in total. The summed E-state index contributed by atoms with van der Waals surface area (Å²) >= 11 is 0. The zero-order valence-corrected chi connectivity index (χ0v) is 23.0. The fraction of sp³-hybridized carbons (Fsp3) is 0.429. The first-order chi connectivity index (χ1) is 20.1. The number of carbonyl (C=O) groups is 2. The number of piperidine rings is 1. The van der Waals surface area contributed by atoms with Gasteiger partial charge < -0.3 is 30.1 Å². The number of aryl methyl sites for hydroxylation is 1. The number of alkyl halides is 6. The predicted octanol–water partition coefficient (Wildman–Crippen LogP) is 6.26. The lowest BCUT2D eigenvalue weighted by Gasteiger charge is -2.42. The molecule has 0 bridgehead atoms. The van der Waals surface area contributed by atoms with Crippen molar-refractivity contribution in [2.45, 2.75) is 50.3 Å². The van der Waals surface area contributed by atoms with Gasteiger partial charge in [-0.3, -0.25) is 0 Å². The van der Waals surface area contributed by atoms with Crippen LogP contribution in [0.15, 0.2) is 48.7 Å². The number of ether oxygens (including phenoxy) is 1. The molecule has 1 aliphatic rings. The third-order valence-electron chi connectivity index (χ3n) is 6.98. The Morgan fingerprint density at radius 3 is 2.28 bits per heavy atom.